The van der Waals surface area contributed by atoms with Gasteiger partial charge in [-0.25, -0.2) is 0 Å². The number of nitrogens with one attached hydrogen (secondary N) is 1. The van der Waals surface area contributed by atoms with Crippen molar-refractivity contribution in [2.24, 2.45) is 5.92 Å². The van der Waals surface area contributed by atoms with Gasteiger partial charge in [0.2, 0.25) is 5.91 Å². The summed E-state index contributed by atoms with van der Waals surface area (Å²) in [6.45, 7) is 5.54. The van der Waals surface area contributed by atoms with Crippen LogP contribution in [0.3, 0.4) is 0 Å². The lowest BCUT2D eigenvalue weighted by atomic mass is 10.0. The molecule has 0 aromatic rings. The van der Waals surface area contributed by atoms with Gasteiger partial charge < -0.3 is 14.8 Å². The Bertz CT molecular complexity index is 329. The van der Waals surface area contributed by atoms with E-state index in [2.05, 4.69) is 5.32 Å². The number of rotatable bonds is 5. The first-order valence-electron chi connectivity index (χ1n) is 6.92. The van der Waals surface area contributed by atoms with Crippen LogP contribution in [0.15, 0.2) is 0 Å². The molecule has 6 nitrogen and oxygen atoms in total. The van der Waals surface area contributed by atoms with Gasteiger partial charge in [-0.2, -0.15) is 0 Å². The second-order valence-electron chi connectivity index (χ2n) is 4.98. The summed E-state index contributed by atoms with van der Waals surface area (Å²) in [4.78, 5) is 26.0. The molecule has 0 aromatic carbocycles. The van der Waals surface area contributed by atoms with Crippen molar-refractivity contribution in [3.05, 3.63) is 0 Å². The van der Waals surface area contributed by atoms with E-state index in [1.807, 2.05) is 11.8 Å². The van der Waals surface area contributed by atoms with Crippen LogP contribution in [0.5, 0.6) is 0 Å². The number of morpholine rings is 1. The molecular weight excluding hydrogens is 248 g/mol. The molecule has 1 N–H and O–H groups in total. The number of hydrogen-bond donors (Lipinski definition) is 1. The van der Waals surface area contributed by atoms with Gasteiger partial charge in [-0.05, 0) is 13.3 Å². The van der Waals surface area contributed by atoms with Crippen LogP contribution < -0.4 is 5.32 Å². The quantitative estimate of drug-likeness (QED) is 0.724. The summed E-state index contributed by atoms with van der Waals surface area (Å²) in [7, 11) is 0. The molecule has 6 heteroatoms. The van der Waals surface area contributed by atoms with Crippen LogP contribution in [-0.4, -0.2) is 68.7 Å². The smallest absolute Gasteiger partial charge is 0.239 e. The fourth-order valence-corrected chi connectivity index (χ4v) is 2.48. The molecule has 0 aliphatic carbocycles. The molecule has 0 aromatic heterocycles. The highest BCUT2D eigenvalue weighted by atomic mass is 16.5. The molecule has 2 aliphatic rings. The summed E-state index contributed by atoms with van der Waals surface area (Å²) in [6.07, 6.45) is 0.801. The monoisotopic (exact) mass is 270 g/mol. The standard InChI is InChI=1S/C13H22N2O4/c1-2-14-13(17)11-9-19-6-4-15(11)7-12(16)10-3-5-18-8-10/h10-11H,2-9H2,1H3,(H,14,17). The molecule has 0 radical (unpaired) electrons. The van der Waals surface area contributed by atoms with Gasteiger partial charge in [0.05, 0.1) is 26.4 Å². The fraction of sp³-hybridized carbons (Fsp3) is 0.846. The maximum Gasteiger partial charge on any atom is 0.239 e. The zero-order chi connectivity index (χ0) is 13.7. The fourth-order valence-electron chi connectivity index (χ4n) is 2.48. The van der Waals surface area contributed by atoms with E-state index in [0.717, 1.165) is 6.42 Å². The topological polar surface area (TPSA) is 67.9 Å². The van der Waals surface area contributed by atoms with Crippen molar-refractivity contribution in [2.45, 2.75) is 19.4 Å². The Kier molecular flexibility index (Phi) is 5.30. The summed E-state index contributed by atoms with van der Waals surface area (Å²) < 4.78 is 10.6. The van der Waals surface area contributed by atoms with Gasteiger partial charge in [0.1, 0.15) is 6.04 Å². The number of nitrogens with zero attached hydrogens (tertiary/aromatic N) is 1. The SMILES string of the molecule is CCNC(=O)C1COCCN1CC(=O)C1CCOC1. The highest BCUT2D eigenvalue weighted by Crippen LogP contribution is 2.16. The Morgan fingerprint density at radius 1 is 1.26 bits per heavy atom. The van der Waals surface area contributed by atoms with E-state index < -0.39 is 0 Å². The van der Waals surface area contributed by atoms with Crippen molar-refractivity contribution in [3.63, 3.8) is 0 Å². The van der Waals surface area contributed by atoms with E-state index in [-0.39, 0.29) is 23.7 Å². The van der Waals surface area contributed by atoms with Gasteiger partial charge in [0, 0.05) is 25.6 Å². The van der Waals surface area contributed by atoms with Crippen molar-refractivity contribution < 1.29 is 19.1 Å². The minimum Gasteiger partial charge on any atom is -0.381 e. The summed E-state index contributed by atoms with van der Waals surface area (Å²) in [5.41, 5.74) is 0. The first-order chi connectivity index (χ1) is 9.22. The summed E-state index contributed by atoms with van der Waals surface area (Å²) >= 11 is 0. The molecule has 1 amide bonds. The van der Waals surface area contributed by atoms with Crippen LogP contribution in [-0.2, 0) is 19.1 Å². The predicted molar refractivity (Wildman–Crippen MR) is 68.8 cm³/mol. The third kappa shape index (κ3) is 3.75. The van der Waals surface area contributed by atoms with Gasteiger partial charge in [0.15, 0.2) is 5.78 Å². The average molecular weight is 270 g/mol. The van der Waals surface area contributed by atoms with Crippen molar-refractivity contribution in [1.29, 1.82) is 0 Å². The number of amides is 1. The molecule has 2 aliphatic heterocycles. The van der Waals surface area contributed by atoms with E-state index in [0.29, 0.717) is 46.1 Å². The van der Waals surface area contributed by atoms with Crippen LogP contribution in [0.2, 0.25) is 0 Å². The molecule has 2 rings (SSSR count). The van der Waals surface area contributed by atoms with E-state index in [1.165, 1.54) is 0 Å². The number of Topliss-reactive ketones (excluding diaryl/α,β-unsaturated/α-hetero) is 1. The molecule has 2 saturated heterocycles. The first-order valence-corrected chi connectivity index (χ1v) is 6.92. The number of carbonyl (C=O) groups is 2. The molecule has 0 saturated carbocycles. The van der Waals surface area contributed by atoms with E-state index in [1.54, 1.807) is 0 Å². The third-order valence-electron chi connectivity index (χ3n) is 3.64. The van der Waals surface area contributed by atoms with Gasteiger partial charge in [-0.15, -0.1) is 0 Å². The Balaban J connectivity index is 1.91. The van der Waals surface area contributed by atoms with E-state index in [9.17, 15) is 9.59 Å². The lowest BCUT2D eigenvalue weighted by molar-refractivity contribution is -0.135. The van der Waals surface area contributed by atoms with Crippen LogP contribution >= 0.6 is 0 Å². The first kappa shape index (κ1) is 14.4. The number of ketones is 1. The number of likely N-dealkylation sites (N-methyl/N-ethyl adjacent to an activating group) is 1. The predicted octanol–water partition coefficient (Wildman–Crippen LogP) is -0.571. The Morgan fingerprint density at radius 3 is 2.74 bits per heavy atom. The highest BCUT2D eigenvalue weighted by Gasteiger charge is 2.32. The molecule has 2 unspecified atom stereocenters. The van der Waals surface area contributed by atoms with Gasteiger partial charge in [-0.3, -0.25) is 14.5 Å². The maximum absolute atomic E-state index is 12.1. The average Bonchev–Trinajstić information content (AvgIpc) is 2.93. The van der Waals surface area contributed by atoms with Crippen molar-refractivity contribution in [2.75, 3.05) is 46.1 Å². The molecule has 108 valence electrons. The van der Waals surface area contributed by atoms with Crippen LogP contribution in [0.25, 0.3) is 0 Å². The second kappa shape index (κ2) is 6.98. The normalized spacial score (nSPS) is 28.3. The maximum atomic E-state index is 12.1. The number of ether oxygens (including phenoxy) is 2. The summed E-state index contributed by atoms with van der Waals surface area (Å²) in [6, 6.07) is -0.347. The van der Waals surface area contributed by atoms with E-state index in [4.69, 9.17) is 9.47 Å². The molecule has 0 bridgehead atoms. The van der Waals surface area contributed by atoms with Crippen molar-refractivity contribution in [3.8, 4) is 0 Å². The van der Waals surface area contributed by atoms with Crippen LogP contribution in [0.4, 0.5) is 0 Å². The zero-order valence-corrected chi connectivity index (χ0v) is 11.4. The molecular formula is C13H22N2O4. The van der Waals surface area contributed by atoms with Gasteiger partial charge in [-0.1, -0.05) is 0 Å². The molecule has 19 heavy (non-hydrogen) atoms. The van der Waals surface area contributed by atoms with Gasteiger partial charge >= 0.3 is 0 Å². The highest BCUT2D eigenvalue weighted by molar-refractivity contribution is 5.86. The largest absolute Gasteiger partial charge is 0.381 e. The number of carbonyl (C=O) groups excluding carboxylic acids is 2. The molecule has 2 fully saturated rings. The van der Waals surface area contributed by atoms with Crippen LogP contribution in [0.1, 0.15) is 13.3 Å². The number of hydrogen-bond acceptors (Lipinski definition) is 5. The van der Waals surface area contributed by atoms with Gasteiger partial charge in [0.25, 0.3) is 0 Å². The minimum absolute atomic E-state index is 0.00210. The zero-order valence-electron chi connectivity index (χ0n) is 11.4. The molecule has 2 atom stereocenters. The summed E-state index contributed by atoms with van der Waals surface area (Å²) in [5.74, 6) is 0.115. The van der Waals surface area contributed by atoms with Crippen molar-refractivity contribution in [1.82, 2.24) is 10.2 Å². The Hall–Kier alpha value is -0.980. The third-order valence-corrected chi connectivity index (χ3v) is 3.64. The lowest BCUT2D eigenvalue weighted by Gasteiger charge is -2.34. The Morgan fingerprint density at radius 2 is 2.05 bits per heavy atom. The second-order valence-corrected chi connectivity index (χ2v) is 4.98. The van der Waals surface area contributed by atoms with Crippen LogP contribution in [0, 0.1) is 5.92 Å². The van der Waals surface area contributed by atoms with Crippen molar-refractivity contribution >= 4 is 11.7 Å². The molecule has 0 spiro atoms. The summed E-state index contributed by atoms with van der Waals surface area (Å²) in [5, 5.41) is 2.79. The lowest BCUT2D eigenvalue weighted by Crippen LogP contribution is -2.55. The Labute approximate surface area is 113 Å². The van der Waals surface area contributed by atoms with E-state index >= 15 is 0 Å². The molecule has 2 heterocycles. The minimum atomic E-state index is -0.347.